The molecule has 0 aliphatic heterocycles. The van der Waals surface area contributed by atoms with Gasteiger partial charge in [-0.1, -0.05) is 12.1 Å². The number of benzene rings is 1. The standard InChI is InChI=1S/C16H22N2O3/c17-9-11-1-5-13(6-2-11)15(19)18-10-12-3-7-14(8-4-12)16(20)21/h1-2,5-6,12,14H,3-4,7-10,17H2,(H,18,19)(H,20,21). The monoisotopic (exact) mass is 290 g/mol. The molecule has 114 valence electrons. The highest BCUT2D eigenvalue weighted by Gasteiger charge is 2.25. The number of carbonyl (C=O) groups is 2. The van der Waals surface area contributed by atoms with Gasteiger partial charge in [-0.2, -0.15) is 0 Å². The first kappa shape index (κ1) is 15.5. The molecule has 1 aromatic carbocycles. The molecular formula is C16H22N2O3. The first-order valence-electron chi connectivity index (χ1n) is 7.40. The Bertz CT molecular complexity index is 491. The minimum Gasteiger partial charge on any atom is -0.481 e. The van der Waals surface area contributed by atoms with Gasteiger partial charge in [-0.15, -0.1) is 0 Å². The van der Waals surface area contributed by atoms with Crippen LogP contribution in [0, 0.1) is 11.8 Å². The molecular weight excluding hydrogens is 268 g/mol. The van der Waals surface area contributed by atoms with Crippen LogP contribution in [0.1, 0.15) is 41.6 Å². The van der Waals surface area contributed by atoms with Gasteiger partial charge in [0.1, 0.15) is 0 Å². The van der Waals surface area contributed by atoms with Crippen LogP contribution in [0.25, 0.3) is 0 Å². The third-order valence-electron chi connectivity index (χ3n) is 4.20. The predicted molar refractivity (Wildman–Crippen MR) is 79.8 cm³/mol. The zero-order chi connectivity index (χ0) is 15.2. The molecule has 4 N–H and O–H groups in total. The number of carboxylic acid groups (broad SMARTS) is 1. The summed E-state index contributed by atoms with van der Waals surface area (Å²) in [4.78, 5) is 22.9. The third kappa shape index (κ3) is 4.29. The van der Waals surface area contributed by atoms with Gasteiger partial charge < -0.3 is 16.2 Å². The van der Waals surface area contributed by atoms with Crippen molar-refractivity contribution in [2.75, 3.05) is 6.54 Å². The molecule has 0 unspecified atom stereocenters. The summed E-state index contributed by atoms with van der Waals surface area (Å²) >= 11 is 0. The molecule has 0 saturated heterocycles. The van der Waals surface area contributed by atoms with Crippen LogP contribution in [0.5, 0.6) is 0 Å². The average Bonchev–Trinajstić information content (AvgIpc) is 2.53. The number of carbonyl (C=O) groups excluding carboxylic acids is 1. The van der Waals surface area contributed by atoms with Crippen LogP contribution < -0.4 is 11.1 Å². The molecule has 0 spiro atoms. The summed E-state index contributed by atoms with van der Waals surface area (Å²) in [7, 11) is 0. The second kappa shape index (κ2) is 7.22. The fourth-order valence-electron chi connectivity index (χ4n) is 2.74. The maximum atomic E-state index is 12.0. The molecule has 0 radical (unpaired) electrons. The van der Waals surface area contributed by atoms with E-state index in [0.29, 0.717) is 37.4 Å². The van der Waals surface area contributed by atoms with Crippen LogP contribution in [0.2, 0.25) is 0 Å². The van der Waals surface area contributed by atoms with E-state index in [-0.39, 0.29) is 11.8 Å². The maximum Gasteiger partial charge on any atom is 0.306 e. The fraction of sp³-hybridized carbons (Fsp3) is 0.500. The van der Waals surface area contributed by atoms with Crippen molar-refractivity contribution in [3.63, 3.8) is 0 Å². The molecule has 1 saturated carbocycles. The van der Waals surface area contributed by atoms with Gasteiger partial charge in [0.15, 0.2) is 0 Å². The quantitative estimate of drug-likeness (QED) is 0.770. The molecule has 1 amide bonds. The van der Waals surface area contributed by atoms with Crippen molar-refractivity contribution in [3.05, 3.63) is 35.4 Å². The van der Waals surface area contributed by atoms with E-state index in [0.717, 1.165) is 18.4 Å². The van der Waals surface area contributed by atoms with E-state index in [1.54, 1.807) is 12.1 Å². The van der Waals surface area contributed by atoms with E-state index in [9.17, 15) is 9.59 Å². The second-order valence-corrected chi connectivity index (χ2v) is 5.67. The topological polar surface area (TPSA) is 92.4 Å². The van der Waals surface area contributed by atoms with Gasteiger partial charge in [-0.25, -0.2) is 0 Å². The molecule has 1 aliphatic rings. The van der Waals surface area contributed by atoms with Crippen molar-refractivity contribution in [2.24, 2.45) is 17.6 Å². The molecule has 0 heterocycles. The normalized spacial score (nSPS) is 21.8. The second-order valence-electron chi connectivity index (χ2n) is 5.67. The minimum absolute atomic E-state index is 0.0843. The van der Waals surface area contributed by atoms with Crippen LogP contribution in [-0.2, 0) is 11.3 Å². The van der Waals surface area contributed by atoms with Crippen molar-refractivity contribution in [1.29, 1.82) is 0 Å². The van der Waals surface area contributed by atoms with Crippen molar-refractivity contribution in [2.45, 2.75) is 32.2 Å². The van der Waals surface area contributed by atoms with Gasteiger partial charge in [0.25, 0.3) is 5.91 Å². The Morgan fingerprint density at radius 3 is 2.29 bits per heavy atom. The highest BCUT2D eigenvalue weighted by Crippen LogP contribution is 2.28. The Labute approximate surface area is 124 Å². The van der Waals surface area contributed by atoms with Crippen LogP contribution in [0.15, 0.2) is 24.3 Å². The maximum absolute atomic E-state index is 12.0. The first-order valence-corrected chi connectivity index (χ1v) is 7.40. The summed E-state index contributed by atoms with van der Waals surface area (Å²) < 4.78 is 0. The van der Waals surface area contributed by atoms with E-state index in [4.69, 9.17) is 10.8 Å². The first-order chi connectivity index (χ1) is 10.1. The lowest BCUT2D eigenvalue weighted by Gasteiger charge is -2.26. The van der Waals surface area contributed by atoms with E-state index in [1.807, 2.05) is 12.1 Å². The molecule has 21 heavy (non-hydrogen) atoms. The summed E-state index contributed by atoms with van der Waals surface area (Å²) in [6, 6.07) is 7.26. The lowest BCUT2D eigenvalue weighted by molar-refractivity contribution is -0.143. The highest BCUT2D eigenvalue weighted by atomic mass is 16.4. The van der Waals surface area contributed by atoms with Crippen LogP contribution in [0.4, 0.5) is 0 Å². The van der Waals surface area contributed by atoms with Crippen molar-refractivity contribution < 1.29 is 14.7 Å². The number of amides is 1. The fourth-order valence-corrected chi connectivity index (χ4v) is 2.74. The van der Waals surface area contributed by atoms with Crippen molar-refractivity contribution >= 4 is 11.9 Å². The number of carboxylic acids is 1. The zero-order valence-electron chi connectivity index (χ0n) is 12.0. The van der Waals surface area contributed by atoms with Gasteiger partial charge in [0.2, 0.25) is 0 Å². The molecule has 1 fully saturated rings. The average molecular weight is 290 g/mol. The zero-order valence-corrected chi connectivity index (χ0v) is 12.0. The molecule has 0 bridgehead atoms. The molecule has 1 aromatic rings. The summed E-state index contributed by atoms with van der Waals surface area (Å²) in [5.41, 5.74) is 7.15. The Morgan fingerprint density at radius 2 is 1.76 bits per heavy atom. The van der Waals surface area contributed by atoms with Gasteiger partial charge >= 0.3 is 5.97 Å². The predicted octanol–water partition coefficient (Wildman–Crippen LogP) is 1.77. The Hall–Kier alpha value is -1.88. The van der Waals surface area contributed by atoms with E-state index in [2.05, 4.69) is 5.32 Å². The molecule has 5 heteroatoms. The number of rotatable bonds is 5. The molecule has 0 aromatic heterocycles. The summed E-state index contributed by atoms with van der Waals surface area (Å²) in [6.45, 7) is 1.08. The number of aliphatic carboxylic acids is 1. The van der Waals surface area contributed by atoms with E-state index < -0.39 is 5.97 Å². The molecule has 0 atom stereocenters. The number of nitrogens with one attached hydrogen (secondary N) is 1. The van der Waals surface area contributed by atoms with E-state index in [1.165, 1.54) is 0 Å². The van der Waals surface area contributed by atoms with Gasteiger partial charge in [-0.05, 0) is 49.3 Å². The van der Waals surface area contributed by atoms with Crippen LogP contribution in [0.3, 0.4) is 0 Å². The lowest BCUT2D eigenvalue weighted by atomic mass is 9.82. The Kier molecular flexibility index (Phi) is 5.33. The number of hydrogen-bond donors (Lipinski definition) is 3. The molecule has 1 aliphatic carbocycles. The van der Waals surface area contributed by atoms with E-state index >= 15 is 0 Å². The van der Waals surface area contributed by atoms with Crippen molar-refractivity contribution in [1.82, 2.24) is 5.32 Å². The van der Waals surface area contributed by atoms with Crippen LogP contribution >= 0.6 is 0 Å². The summed E-state index contributed by atoms with van der Waals surface area (Å²) in [5.74, 6) is -0.606. The summed E-state index contributed by atoms with van der Waals surface area (Å²) in [5, 5.41) is 11.9. The number of nitrogens with two attached hydrogens (primary N) is 1. The largest absolute Gasteiger partial charge is 0.481 e. The van der Waals surface area contributed by atoms with Crippen LogP contribution in [-0.4, -0.2) is 23.5 Å². The molecule has 5 nitrogen and oxygen atoms in total. The smallest absolute Gasteiger partial charge is 0.306 e. The van der Waals surface area contributed by atoms with Gasteiger partial charge in [0.05, 0.1) is 5.92 Å². The van der Waals surface area contributed by atoms with Gasteiger partial charge in [0, 0.05) is 18.7 Å². The summed E-state index contributed by atoms with van der Waals surface area (Å²) in [6.07, 6.45) is 3.15. The Balaban J connectivity index is 1.77. The van der Waals surface area contributed by atoms with Gasteiger partial charge in [-0.3, -0.25) is 9.59 Å². The van der Waals surface area contributed by atoms with Crippen molar-refractivity contribution in [3.8, 4) is 0 Å². The SMILES string of the molecule is NCc1ccc(C(=O)NCC2CCC(C(=O)O)CC2)cc1. The molecule has 2 rings (SSSR count). The lowest BCUT2D eigenvalue weighted by Crippen LogP contribution is -2.32. The Morgan fingerprint density at radius 1 is 1.14 bits per heavy atom. The third-order valence-corrected chi connectivity index (χ3v) is 4.20. The number of hydrogen-bond acceptors (Lipinski definition) is 3. The minimum atomic E-state index is -0.697. The highest BCUT2D eigenvalue weighted by molar-refractivity contribution is 5.94.